The second-order valence-corrected chi connectivity index (χ2v) is 6.00. The Hall–Kier alpha value is -2.54. The Kier molecular flexibility index (Phi) is 3.37. The maximum absolute atomic E-state index is 12.3. The van der Waals surface area contributed by atoms with Gasteiger partial charge in [0.25, 0.3) is 0 Å². The Bertz CT molecular complexity index is 766. The van der Waals surface area contributed by atoms with Crippen molar-refractivity contribution in [2.45, 2.75) is 9.79 Å². The van der Waals surface area contributed by atoms with Gasteiger partial charge in [-0.3, -0.25) is 0 Å². The molecule has 0 radical (unpaired) electrons. The summed E-state index contributed by atoms with van der Waals surface area (Å²) in [6.45, 7) is 0. The first-order chi connectivity index (χ1) is 9.32. The number of nitrogens with two attached hydrogens (primary N) is 1. The van der Waals surface area contributed by atoms with E-state index in [1.54, 1.807) is 0 Å². The van der Waals surface area contributed by atoms with E-state index in [0.29, 0.717) is 0 Å². The van der Waals surface area contributed by atoms with Crippen LogP contribution in [0, 0.1) is 0 Å². The number of benzene rings is 2. The highest BCUT2D eigenvalue weighted by Gasteiger charge is 2.19. The number of aromatic carboxylic acids is 1. The molecule has 0 aliphatic heterocycles. The summed E-state index contributed by atoms with van der Waals surface area (Å²) in [6, 6.07) is 8.41. The first-order valence-corrected chi connectivity index (χ1v) is 6.97. The van der Waals surface area contributed by atoms with Gasteiger partial charge in [0.1, 0.15) is 5.75 Å². The van der Waals surface area contributed by atoms with Crippen LogP contribution < -0.4 is 5.73 Å². The van der Waals surface area contributed by atoms with Crippen molar-refractivity contribution < 1.29 is 23.4 Å². The van der Waals surface area contributed by atoms with Crippen LogP contribution in [-0.2, 0) is 9.84 Å². The molecule has 0 aliphatic carbocycles. The number of phenols is 1. The molecule has 104 valence electrons. The van der Waals surface area contributed by atoms with E-state index in [1.165, 1.54) is 36.4 Å². The number of anilines is 1. The van der Waals surface area contributed by atoms with E-state index in [0.717, 1.165) is 6.07 Å². The molecule has 2 aromatic carbocycles. The molecular formula is C13H11NO5S. The highest BCUT2D eigenvalue weighted by molar-refractivity contribution is 7.91. The molecule has 6 nitrogen and oxygen atoms in total. The van der Waals surface area contributed by atoms with Crippen LogP contribution >= 0.6 is 0 Å². The maximum Gasteiger partial charge on any atom is 0.335 e. The zero-order valence-corrected chi connectivity index (χ0v) is 11.0. The van der Waals surface area contributed by atoms with Crippen LogP contribution in [0.15, 0.2) is 52.3 Å². The minimum absolute atomic E-state index is 0.0101. The van der Waals surface area contributed by atoms with Crippen LogP contribution in [0.5, 0.6) is 5.75 Å². The van der Waals surface area contributed by atoms with E-state index in [2.05, 4.69) is 0 Å². The van der Waals surface area contributed by atoms with E-state index in [-0.39, 0.29) is 26.8 Å². The van der Waals surface area contributed by atoms with Gasteiger partial charge >= 0.3 is 5.97 Å². The minimum atomic E-state index is -3.83. The molecule has 0 atom stereocenters. The molecule has 0 saturated carbocycles. The van der Waals surface area contributed by atoms with E-state index in [4.69, 9.17) is 10.8 Å². The molecule has 0 bridgehead atoms. The molecule has 7 heteroatoms. The zero-order valence-electron chi connectivity index (χ0n) is 10.1. The number of rotatable bonds is 3. The molecule has 0 heterocycles. The van der Waals surface area contributed by atoms with Gasteiger partial charge in [-0.1, -0.05) is 0 Å². The lowest BCUT2D eigenvalue weighted by Gasteiger charge is -2.06. The molecule has 0 amide bonds. The van der Waals surface area contributed by atoms with Gasteiger partial charge in [0.2, 0.25) is 9.84 Å². The second-order valence-electron chi connectivity index (χ2n) is 4.05. The summed E-state index contributed by atoms with van der Waals surface area (Å²) in [6.07, 6.45) is 0. The molecule has 0 fully saturated rings. The molecular weight excluding hydrogens is 282 g/mol. The summed E-state index contributed by atoms with van der Waals surface area (Å²) in [7, 11) is -3.83. The Morgan fingerprint density at radius 3 is 2.05 bits per heavy atom. The van der Waals surface area contributed by atoms with Gasteiger partial charge in [-0.05, 0) is 36.4 Å². The lowest BCUT2D eigenvalue weighted by molar-refractivity contribution is 0.0696. The number of carbonyl (C=O) groups is 1. The zero-order chi connectivity index (χ0) is 14.9. The number of aromatic hydroxyl groups is 1. The lowest BCUT2D eigenvalue weighted by atomic mass is 10.2. The Labute approximate surface area is 115 Å². The van der Waals surface area contributed by atoms with Crippen molar-refractivity contribution in [1.82, 2.24) is 0 Å². The van der Waals surface area contributed by atoms with Crippen molar-refractivity contribution >= 4 is 21.5 Å². The van der Waals surface area contributed by atoms with Crippen molar-refractivity contribution in [1.29, 1.82) is 0 Å². The van der Waals surface area contributed by atoms with E-state index >= 15 is 0 Å². The van der Waals surface area contributed by atoms with E-state index in [9.17, 15) is 18.3 Å². The number of carboxylic acids is 1. The second kappa shape index (κ2) is 4.86. The van der Waals surface area contributed by atoms with Crippen molar-refractivity contribution in [2.75, 3.05) is 5.73 Å². The monoisotopic (exact) mass is 293 g/mol. The molecule has 0 unspecified atom stereocenters. The average Bonchev–Trinajstić information content (AvgIpc) is 2.41. The summed E-state index contributed by atoms with van der Waals surface area (Å²) in [5.41, 5.74) is 5.48. The molecule has 2 rings (SSSR count). The summed E-state index contributed by atoms with van der Waals surface area (Å²) in [5.74, 6) is -1.47. The fourth-order valence-electron chi connectivity index (χ4n) is 1.60. The van der Waals surface area contributed by atoms with Crippen LogP contribution in [0.4, 0.5) is 5.69 Å². The van der Waals surface area contributed by atoms with Crippen molar-refractivity contribution in [3.8, 4) is 5.75 Å². The van der Waals surface area contributed by atoms with Gasteiger partial charge in [-0.15, -0.1) is 0 Å². The largest absolute Gasteiger partial charge is 0.506 e. The third-order valence-electron chi connectivity index (χ3n) is 2.72. The maximum atomic E-state index is 12.3. The van der Waals surface area contributed by atoms with Crippen LogP contribution in [0.25, 0.3) is 0 Å². The fourth-order valence-corrected chi connectivity index (χ4v) is 2.88. The van der Waals surface area contributed by atoms with Crippen molar-refractivity contribution in [3.05, 3.63) is 48.0 Å². The summed E-state index contributed by atoms with van der Waals surface area (Å²) < 4.78 is 24.6. The van der Waals surface area contributed by atoms with Gasteiger partial charge in [0.15, 0.2) is 0 Å². The Morgan fingerprint density at radius 2 is 1.55 bits per heavy atom. The summed E-state index contributed by atoms with van der Waals surface area (Å²) >= 11 is 0. The van der Waals surface area contributed by atoms with Gasteiger partial charge in [0, 0.05) is 6.07 Å². The summed E-state index contributed by atoms with van der Waals surface area (Å²) in [5, 5.41) is 18.2. The van der Waals surface area contributed by atoms with Gasteiger partial charge in [-0.25, -0.2) is 13.2 Å². The smallest absolute Gasteiger partial charge is 0.335 e. The predicted molar refractivity (Wildman–Crippen MR) is 71.4 cm³/mol. The van der Waals surface area contributed by atoms with Gasteiger partial charge < -0.3 is 15.9 Å². The van der Waals surface area contributed by atoms with Crippen LogP contribution in [0.1, 0.15) is 10.4 Å². The standard InChI is InChI=1S/C13H11NO5S/c14-11-6-5-10(7-12(11)15)20(18,19)9-3-1-8(2-4-9)13(16)17/h1-7,15H,14H2,(H,16,17). The molecule has 0 aliphatic rings. The normalized spacial score (nSPS) is 11.2. The molecule has 0 saturated heterocycles. The topological polar surface area (TPSA) is 118 Å². The molecule has 0 spiro atoms. The van der Waals surface area contributed by atoms with E-state index in [1.807, 2.05) is 0 Å². The first-order valence-electron chi connectivity index (χ1n) is 5.49. The number of hydrogen-bond acceptors (Lipinski definition) is 5. The molecule has 20 heavy (non-hydrogen) atoms. The quantitative estimate of drug-likeness (QED) is 0.583. The number of phenolic OH excluding ortho intramolecular Hbond substituents is 1. The average molecular weight is 293 g/mol. The molecule has 0 aromatic heterocycles. The third kappa shape index (κ3) is 2.43. The summed E-state index contributed by atoms with van der Waals surface area (Å²) in [4.78, 5) is 10.5. The SMILES string of the molecule is Nc1ccc(S(=O)(=O)c2ccc(C(=O)O)cc2)cc1O. The number of nitrogen functional groups attached to an aromatic ring is 1. The van der Waals surface area contributed by atoms with Crippen molar-refractivity contribution in [2.24, 2.45) is 0 Å². The first kappa shape index (κ1) is 13.9. The van der Waals surface area contributed by atoms with Crippen molar-refractivity contribution in [3.63, 3.8) is 0 Å². The third-order valence-corrected chi connectivity index (χ3v) is 4.49. The Morgan fingerprint density at radius 1 is 1.00 bits per heavy atom. The fraction of sp³-hybridized carbons (Fsp3) is 0. The molecule has 2 aromatic rings. The number of hydrogen-bond donors (Lipinski definition) is 3. The highest BCUT2D eigenvalue weighted by atomic mass is 32.2. The van der Waals surface area contributed by atoms with Gasteiger partial charge in [-0.2, -0.15) is 0 Å². The van der Waals surface area contributed by atoms with Crippen LogP contribution in [-0.4, -0.2) is 24.6 Å². The lowest BCUT2D eigenvalue weighted by Crippen LogP contribution is -2.03. The number of sulfone groups is 1. The number of carboxylic acid groups (broad SMARTS) is 1. The van der Waals surface area contributed by atoms with E-state index < -0.39 is 15.8 Å². The van der Waals surface area contributed by atoms with Crippen LogP contribution in [0.2, 0.25) is 0 Å². The predicted octanol–water partition coefficient (Wildman–Crippen LogP) is 1.51. The minimum Gasteiger partial charge on any atom is -0.506 e. The Balaban J connectivity index is 2.49. The van der Waals surface area contributed by atoms with Crippen LogP contribution in [0.3, 0.4) is 0 Å². The molecule has 4 N–H and O–H groups in total. The van der Waals surface area contributed by atoms with Gasteiger partial charge in [0.05, 0.1) is 21.0 Å². The highest BCUT2D eigenvalue weighted by Crippen LogP contribution is 2.27.